The predicted octanol–water partition coefficient (Wildman–Crippen LogP) is 3.07. The van der Waals surface area contributed by atoms with E-state index < -0.39 is 23.7 Å². The minimum Gasteiger partial charge on any atom is -0.480 e. The Morgan fingerprint density at radius 2 is 1.89 bits per heavy atom. The van der Waals surface area contributed by atoms with Crippen molar-refractivity contribution in [2.24, 2.45) is 0 Å². The lowest BCUT2D eigenvalue weighted by Crippen LogP contribution is -2.43. The van der Waals surface area contributed by atoms with E-state index in [1.807, 2.05) is 30.3 Å². The molecule has 1 aromatic rings. The summed E-state index contributed by atoms with van der Waals surface area (Å²) in [6, 6.07) is 9.00. The lowest BCUT2D eigenvalue weighted by molar-refractivity contribution is -0.142. The molecule has 0 aromatic heterocycles. The molecule has 1 fully saturated rings. The average molecular weight is 379 g/mol. The lowest BCUT2D eigenvalue weighted by Gasteiger charge is -2.26. The molecule has 1 N–H and O–H groups in total. The molecule has 1 aliphatic rings. The number of carboxylic acids is 1. The van der Waals surface area contributed by atoms with E-state index in [1.165, 1.54) is 4.90 Å². The molecule has 0 unspecified atom stereocenters. The van der Waals surface area contributed by atoms with Gasteiger partial charge in [0.15, 0.2) is 0 Å². The van der Waals surface area contributed by atoms with E-state index in [9.17, 15) is 14.7 Å². The van der Waals surface area contributed by atoms with Gasteiger partial charge in [-0.3, -0.25) is 4.90 Å². The first-order chi connectivity index (χ1) is 12.8. The monoisotopic (exact) mass is 379 g/mol. The number of carboxylic acid groups (broad SMARTS) is 1. The van der Waals surface area contributed by atoms with Gasteiger partial charge >= 0.3 is 12.1 Å². The van der Waals surface area contributed by atoms with Gasteiger partial charge in [-0.1, -0.05) is 30.3 Å². The Morgan fingerprint density at radius 1 is 1.19 bits per heavy atom. The fourth-order valence-corrected chi connectivity index (χ4v) is 2.85. The number of benzene rings is 1. The number of rotatable bonds is 8. The van der Waals surface area contributed by atoms with Gasteiger partial charge in [0.05, 0.1) is 19.3 Å². The normalized spacial score (nSPS) is 19.9. The standard InChI is InChI=1S/C20H29NO6/c1-20(2,3)27-19(24)21-13-16(12-17(21)18(22)23)26-11-7-10-25-14-15-8-5-4-6-9-15/h4-6,8-9,16-17H,7,10-14H2,1-3H3,(H,22,23)/t16-,17+/m1/s1. The van der Waals surface area contributed by atoms with Gasteiger partial charge in [0.1, 0.15) is 11.6 Å². The average Bonchev–Trinajstić information content (AvgIpc) is 3.02. The zero-order valence-electron chi connectivity index (χ0n) is 16.2. The van der Waals surface area contributed by atoms with Crippen molar-refractivity contribution in [2.75, 3.05) is 19.8 Å². The minimum atomic E-state index is -1.04. The highest BCUT2D eigenvalue weighted by molar-refractivity contribution is 5.81. The van der Waals surface area contributed by atoms with Crippen LogP contribution in [0.25, 0.3) is 0 Å². The highest BCUT2D eigenvalue weighted by Gasteiger charge is 2.42. The summed E-state index contributed by atoms with van der Waals surface area (Å²) in [7, 11) is 0. The van der Waals surface area contributed by atoms with Crippen molar-refractivity contribution < 1.29 is 28.9 Å². The topological polar surface area (TPSA) is 85.3 Å². The van der Waals surface area contributed by atoms with E-state index in [1.54, 1.807) is 20.8 Å². The molecule has 1 heterocycles. The molecular weight excluding hydrogens is 350 g/mol. The summed E-state index contributed by atoms with van der Waals surface area (Å²) in [5.74, 6) is -1.04. The molecule has 1 aliphatic heterocycles. The third-order valence-electron chi connectivity index (χ3n) is 4.07. The second-order valence-electron chi connectivity index (χ2n) is 7.61. The highest BCUT2D eigenvalue weighted by atomic mass is 16.6. The van der Waals surface area contributed by atoms with Crippen molar-refractivity contribution in [3.63, 3.8) is 0 Å². The van der Waals surface area contributed by atoms with Gasteiger partial charge < -0.3 is 19.3 Å². The lowest BCUT2D eigenvalue weighted by atomic mass is 10.2. The summed E-state index contributed by atoms with van der Waals surface area (Å²) >= 11 is 0. The summed E-state index contributed by atoms with van der Waals surface area (Å²) in [6.45, 7) is 7.03. The van der Waals surface area contributed by atoms with Gasteiger partial charge in [0.25, 0.3) is 0 Å². The van der Waals surface area contributed by atoms with E-state index in [-0.39, 0.29) is 19.1 Å². The van der Waals surface area contributed by atoms with Crippen LogP contribution in [-0.2, 0) is 25.6 Å². The third kappa shape index (κ3) is 7.19. The van der Waals surface area contributed by atoms with Crippen LogP contribution >= 0.6 is 0 Å². The molecule has 150 valence electrons. The fraction of sp³-hybridized carbons (Fsp3) is 0.600. The molecule has 0 saturated carbocycles. The van der Waals surface area contributed by atoms with Crippen LogP contribution in [0.5, 0.6) is 0 Å². The Kier molecular flexibility index (Phi) is 7.62. The molecule has 0 radical (unpaired) electrons. The summed E-state index contributed by atoms with van der Waals surface area (Å²) in [4.78, 5) is 24.9. The first-order valence-corrected chi connectivity index (χ1v) is 9.22. The molecule has 27 heavy (non-hydrogen) atoms. The third-order valence-corrected chi connectivity index (χ3v) is 4.07. The SMILES string of the molecule is CC(C)(C)OC(=O)N1C[C@H](OCCCOCc2ccccc2)C[C@H]1C(=O)O. The van der Waals surface area contributed by atoms with Crippen molar-refractivity contribution in [3.8, 4) is 0 Å². The number of ether oxygens (including phenoxy) is 3. The van der Waals surface area contributed by atoms with E-state index in [4.69, 9.17) is 14.2 Å². The molecule has 0 spiro atoms. The number of carbonyl (C=O) groups is 2. The van der Waals surface area contributed by atoms with Gasteiger partial charge in [-0.25, -0.2) is 9.59 Å². The molecule has 2 rings (SSSR count). The summed E-state index contributed by atoms with van der Waals surface area (Å²) < 4.78 is 16.7. The molecule has 7 heteroatoms. The second kappa shape index (κ2) is 9.71. The van der Waals surface area contributed by atoms with Crippen LogP contribution < -0.4 is 0 Å². The van der Waals surface area contributed by atoms with Gasteiger partial charge in [0.2, 0.25) is 0 Å². The maximum absolute atomic E-state index is 12.2. The van der Waals surface area contributed by atoms with Crippen molar-refractivity contribution in [3.05, 3.63) is 35.9 Å². The van der Waals surface area contributed by atoms with E-state index >= 15 is 0 Å². The molecule has 7 nitrogen and oxygen atoms in total. The van der Waals surface area contributed by atoms with Gasteiger partial charge in [-0.2, -0.15) is 0 Å². The van der Waals surface area contributed by atoms with Crippen molar-refractivity contribution in [1.82, 2.24) is 4.90 Å². The number of likely N-dealkylation sites (tertiary alicyclic amines) is 1. The molecule has 0 aliphatic carbocycles. The largest absolute Gasteiger partial charge is 0.480 e. The molecule has 2 atom stereocenters. The first-order valence-electron chi connectivity index (χ1n) is 9.22. The second-order valence-corrected chi connectivity index (χ2v) is 7.61. The Morgan fingerprint density at radius 3 is 2.52 bits per heavy atom. The molecule has 0 bridgehead atoms. The first kappa shape index (κ1) is 21.2. The number of carbonyl (C=O) groups excluding carboxylic acids is 1. The van der Waals surface area contributed by atoms with Crippen LogP contribution in [0.2, 0.25) is 0 Å². The van der Waals surface area contributed by atoms with Crippen molar-refractivity contribution in [2.45, 2.75) is 58.0 Å². The van der Waals surface area contributed by atoms with Crippen LogP contribution in [0.15, 0.2) is 30.3 Å². The Balaban J connectivity index is 1.70. The zero-order valence-corrected chi connectivity index (χ0v) is 16.2. The van der Waals surface area contributed by atoms with E-state index in [0.717, 1.165) is 5.56 Å². The molecule has 1 amide bonds. The van der Waals surface area contributed by atoms with Gasteiger partial charge in [-0.15, -0.1) is 0 Å². The Bertz CT molecular complexity index is 613. The zero-order chi connectivity index (χ0) is 19.9. The smallest absolute Gasteiger partial charge is 0.411 e. The number of aliphatic carboxylic acids is 1. The van der Waals surface area contributed by atoms with E-state index in [0.29, 0.717) is 26.2 Å². The maximum Gasteiger partial charge on any atom is 0.411 e. The molecular formula is C20H29NO6. The van der Waals surface area contributed by atoms with Gasteiger partial charge in [-0.05, 0) is 32.8 Å². The van der Waals surface area contributed by atoms with Crippen LogP contribution in [0.4, 0.5) is 4.79 Å². The number of nitrogens with zero attached hydrogens (tertiary/aromatic N) is 1. The van der Waals surface area contributed by atoms with Crippen LogP contribution in [0.3, 0.4) is 0 Å². The van der Waals surface area contributed by atoms with E-state index in [2.05, 4.69) is 0 Å². The van der Waals surface area contributed by atoms with Crippen LogP contribution in [-0.4, -0.2) is 59.6 Å². The maximum atomic E-state index is 12.2. The number of hydrogen-bond acceptors (Lipinski definition) is 5. The fourth-order valence-electron chi connectivity index (χ4n) is 2.85. The Hall–Kier alpha value is -2.12. The minimum absolute atomic E-state index is 0.219. The highest BCUT2D eigenvalue weighted by Crippen LogP contribution is 2.23. The summed E-state index contributed by atoms with van der Waals surface area (Å²) in [5.41, 5.74) is 0.446. The summed E-state index contributed by atoms with van der Waals surface area (Å²) in [6.07, 6.45) is 0.0346. The van der Waals surface area contributed by atoms with Crippen molar-refractivity contribution in [1.29, 1.82) is 0 Å². The van der Waals surface area contributed by atoms with Crippen molar-refractivity contribution >= 4 is 12.1 Å². The number of hydrogen-bond donors (Lipinski definition) is 1. The predicted molar refractivity (Wildman–Crippen MR) is 99.4 cm³/mol. The van der Waals surface area contributed by atoms with Gasteiger partial charge in [0, 0.05) is 19.6 Å². The Labute approximate surface area is 160 Å². The molecule has 1 aromatic carbocycles. The number of amides is 1. The van der Waals surface area contributed by atoms with Crippen LogP contribution in [0.1, 0.15) is 39.2 Å². The quantitative estimate of drug-likeness (QED) is 0.699. The van der Waals surface area contributed by atoms with Crippen LogP contribution in [0, 0.1) is 0 Å². The molecule has 1 saturated heterocycles. The summed E-state index contributed by atoms with van der Waals surface area (Å²) in [5, 5.41) is 9.37.